The minimum absolute atomic E-state index is 0.0440. The van der Waals surface area contributed by atoms with Gasteiger partial charge >= 0.3 is 0 Å². The van der Waals surface area contributed by atoms with Gasteiger partial charge in [-0.25, -0.2) is 0 Å². The Hall–Kier alpha value is -0.340. The quantitative estimate of drug-likeness (QED) is 0.559. The van der Waals surface area contributed by atoms with Crippen LogP contribution in [-0.2, 0) is 0 Å². The van der Waals surface area contributed by atoms with Crippen LogP contribution in [-0.4, -0.2) is 5.11 Å². The van der Waals surface area contributed by atoms with Crippen molar-refractivity contribution in [3.05, 3.63) is 23.2 Å². The Morgan fingerprint density at radius 2 is 2.11 bits per heavy atom. The second-order valence-corrected chi connectivity index (χ2v) is 2.50. The van der Waals surface area contributed by atoms with Crippen molar-refractivity contribution < 1.29 is 5.11 Å². The molecule has 0 spiro atoms. The Labute approximate surface area is 63.7 Å². The van der Waals surface area contributed by atoms with Gasteiger partial charge in [-0.1, -0.05) is 17.7 Å². The minimum atomic E-state index is 0.0440. The second kappa shape index (κ2) is 2.50. The topological polar surface area (TPSA) is 20.2 Å². The van der Waals surface area contributed by atoms with Crippen LogP contribution in [0.4, 0.5) is 0 Å². The Balaban J connectivity index is 3.25. The second-order valence-electron chi connectivity index (χ2n) is 1.61. The largest absolute Gasteiger partial charge is 0.505 e. The lowest BCUT2D eigenvalue weighted by atomic mass is 10.3. The molecule has 1 N–H and O–H groups in total. The summed E-state index contributed by atoms with van der Waals surface area (Å²) < 4.78 is 0. The predicted octanol–water partition coefficient (Wildman–Crippen LogP) is 2.33. The van der Waals surface area contributed by atoms with E-state index in [0.717, 1.165) is 0 Å². The number of thiol groups is 1. The molecule has 0 atom stereocenters. The molecule has 0 saturated carbocycles. The van der Waals surface area contributed by atoms with E-state index in [-0.39, 0.29) is 5.75 Å². The van der Waals surface area contributed by atoms with Crippen molar-refractivity contribution in [1.82, 2.24) is 0 Å². The highest BCUT2D eigenvalue weighted by Crippen LogP contribution is 2.28. The normalized spacial score (nSPS) is 9.56. The first-order valence-electron chi connectivity index (χ1n) is 2.38. The third kappa shape index (κ3) is 1.32. The van der Waals surface area contributed by atoms with E-state index >= 15 is 0 Å². The van der Waals surface area contributed by atoms with Gasteiger partial charge in [-0.05, 0) is 12.1 Å². The Morgan fingerprint density at radius 1 is 1.44 bits per heavy atom. The molecule has 0 heterocycles. The maximum atomic E-state index is 9.00. The lowest BCUT2D eigenvalue weighted by molar-refractivity contribution is 0.463. The highest BCUT2D eigenvalue weighted by Gasteiger charge is 1.98. The Bertz CT molecular complexity index is 204. The van der Waals surface area contributed by atoms with Gasteiger partial charge in [0.1, 0.15) is 5.75 Å². The van der Waals surface area contributed by atoms with Gasteiger partial charge in [0, 0.05) is 4.90 Å². The monoisotopic (exact) mass is 160 g/mol. The molecule has 0 radical (unpaired) electrons. The summed E-state index contributed by atoms with van der Waals surface area (Å²) in [6, 6.07) is 5.01. The predicted molar refractivity (Wildman–Crippen MR) is 40.4 cm³/mol. The van der Waals surface area contributed by atoms with E-state index in [4.69, 9.17) is 16.7 Å². The van der Waals surface area contributed by atoms with Gasteiger partial charge in [0.15, 0.2) is 0 Å². The van der Waals surface area contributed by atoms with E-state index in [9.17, 15) is 0 Å². The zero-order chi connectivity index (χ0) is 6.85. The van der Waals surface area contributed by atoms with Crippen molar-refractivity contribution in [2.75, 3.05) is 0 Å². The fourth-order valence-corrected chi connectivity index (χ4v) is 0.951. The average molecular weight is 161 g/mol. The van der Waals surface area contributed by atoms with Crippen molar-refractivity contribution >= 4 is 24.2 Å². The zero-order valence-corrected chi connectivity index (χ0v) is 6.15. The van der Waals surface area contributed by atoms with Crippen LogP contribution in [0.25, 0.3) is 0 Å². The summed E-state index contributed by atoms with van der Waals surface area (Å²) in [6.45, 7) is 0. The zero-order valence-electron chi connectivity index (χ0n) is 4.50. The molecule has 3 heteroatoms. The fraction of sp³-hybridized carbons (Fsp3) is 0. The lowest BCUT2D eigenvalue weighted by Crippen LogP contribution is -1.68. The third-order valence-corrected chi connectivity index (χ3v) is 1.63. The molecule has 0 saturated heterocycles. The van der Waals surface area contributed by atoms with E-state index in [1.54, 1.807) is 18.2 Å². The molecule has 1 aromatic rings. The van der Waals surface area contributed by atoms with Gasteiger partial charge in [0.25, 0.3) is 0 Å². The minimum Gasteiger partial charge on any atom is -0.505 e. The number of rotatable bonds is 0. The molecular weight excluding hydrogens is 156 g/mol. The van der Waals surface area contributed by atoms with Crippen LogP contribution in [0.15, 0.2) is 23.1 Å². The van der Waals surface area contributed by atoms with Gasteiger partial charge in [-0.15, -0.1) is 12.6 Å². The number of halogens is 1. The van der Waals surface area contributed by atoms with Crippen molar-refractivity contribution in [3.63, 3.8) is 0 Å². The van der Waals surface area contributed by atoms with Crippen LogP contribution in [0, 0.1) is 0 Å². The standard InChI is InChI=1S/C6H5ClOS/c7-4-2-1-3-5(9)6(4)8/h1-3,8-9H. The smallest absolute Gasteiger partial charge is 0.147 e. The maximum Gasteiger partial charge on any atom is 0.147 e. The molecule has 1 rings (SSSR count). The summed E-state index contributed by atoms with van der Waals surface area (Å²) in [6.07, 6.45) is 0. The number of aromatic hydroxyl groups is 1. The van der Waals surface area contributed by atoms with Crippen molar-refractivity contribution in [3.8, 4) is 5.75 Å². The molecule has 0 aliphatic heterocycles. The number of benzene rings is 1. The van der Waals surface area contributed by atoms with Gasteiger partial charge in [-0.3, -0.25) is 0 Å². The molecule has 0 aliphatic carbocycles. The molecule has 0 unspecified atom stereocenters. The maximum absolute atomic E-state index is 9.00. The third-order valence-electron chi connectivity index (χ3n) is 0.965. The van der Waals surface area contributed by atoms with E-state index in [1.807, 2.05) is 0 Å². The van der Waals surface area contributed by atoms with E-state index in [0.29, 0.717) is 9.92 Å². The molecule has 48 valence electrons. The van der Waals surface area contributed by atoms with Gasteiger partial charge in [0.05, 0.1) is 5.02 Å². The first kappa shape index (κ1) is 6.78. The lowest BCUT2D eigenvalue weighted by Gasteiger charge is -1.96. The van der Waals surface area contributed by atoms with Crippen molar-refractivity contribution in [2.24, 2.45) is 0 Å². The van der Waals surface area contributed by atoms with Crippen LogP contribution < -0.4 is 0 Å². The Morgan fingerprint density at radius 3 is 2.56 bits per heavy atom. The highest BCUT2D eigenvalue weighted by molar-refractivity contribution is 7.80. The van der Waals surface area contributed by atoms with E-state index < -0.39 is 0 Å². The number of phenols is 1. The number of hydrogen-bond donors (Lipinski definition) is 2. The molecule has 9 heavy (non-hydrogen) atoms. The molecule has 1 nitrogen and oxygen atoms in total. The molecule has 0 aromatic heterocycles. The summed E-state index contributed by atoms with van der Waals surface area (Å²) in [5, 5.41) is 9.33. The summed E-state index contributed by atoms with van der Waals surface area (Å²) in [7, 11) is 0. The summed E-state index contributed by atoms with van der Waals surface area (Å²) >= 11 is 9.45. The SMILES string of the molecule is Oc1c(S)cccc1Cl. The van der Waals surface area contributed by atoms with Crippen molar-refractivity contribution in [2.45, 2.75) is 4.90 Å². The van der Waals surface area contributed by atoms with Crippen LogP contribution in [0.1, 0.15) is 0 Å². The van der Waals surface area contributed by atoms with Crippen LogP contribution >= 0.6 is 24.2 Å². The van der Waals surface area contributed by atoms with Gasteiger partial charge in [-0.2, -0.15) is 0 Å². The van der Waals surface area contributed by atoms with E-state index in [2.05, 4.69) is 12.6 Å². The molecule has 0 aliphatic rings. The molecule has 0 fully saturated rings. The molecular formula is C6H5ClOS. The van der Waals surface area contributed by atoms with Crippen LogP contribution in [0.3, 0.4) is 0 Å². The Kier molecular flexibility index (Phi) is 1.88. The van der Waals surface area contributed by atoms with Gasteiger partial charge in [0.2, 0.25) is 0 Å². The van der Waals surface area contributed by atoms with Crippen LogP contribution in [0.2, 0.25) is 5.02 Å². The summed E-state index contributed by atoms with van der Waals surface area (Å²) in [5.74, 6) is 0.0440. The summed E-state index contributed by atoms with van der Waals surface area (Å²) in [5.41, 5.74) is 0. The first-order chi connectivity index (χ1) is 4.22. The van der Waals surface area contributed by atoms with E-state index in [1.165, 1.54) is 0 Å². The number of para-hydroxylation sites is 1. The summed E-state index contributed by atoms with van der Waals surface area (Å²) in [4.78, 5) is 0.502. The van der Waals surface area contributed by atoms with Gasteiger partial charge < -0.3 is 5.11 Å². The first-order valence-corrected chi connectivity index (χ1v) is 3.21. The highest BCUT2D eigenvalue weighted by atomic mass is 35.5. The number of phenolic OH excluding ortho intramolecular Hbond substituents is 1. The molecule has 0 bridgehead atoms. The fourth-order valence-electron chi connectivity index (χ4n) is 0.504. The number of hydrogen-bond acceptors (Lipinski definition) is 2. The molecule has 1 aromatic carbocycles. The molecule has 0 amide bonds. The average Bonchev–Trinajstić information content (AvgIpc) is 1.83. The van der Waals surface area contributed by atoms with Crippen molar-refractivity contribution in [1.29, 1.82) is 0 Å². The van der Waals surface area contributed by atoms with Crippen LogP contribution in [0.5, 0.6) is 5.75 Å².